The Hall–Kier alpha value is -5.19. The molecule has 6 aromatic carbocycles. The number of benzene rings is 6. The van der Waals surface area contributed by atoms with Gasteiger partial charge in [0.25, 0.3) is 0 Å². The molecule has 0 N–H and O–H groups in total. The summed E-state index contributed by atoms with van der Waals surface area (Å²) in [5.41, 5.74) is 19.1. The van der Waals surface area contributed by atoms with Crippen LogP contribution in [0.3, 0.4) is 0 Å². The minimum Gasteiger partial charge on any atom is -0.192 e. The molecule has 0 saturated heterocycles. The third-order valence-electron chi connectivity index (χ3n) is 10.2. The van der Waals surface area contributed by atoms with Crippen molar-refractivity contribution in [2.24, 2.45) is 0 Å². The SMILES string of the molecule is CCCc1ccc(-c2c(-c3ccc(C(C)C)cc3)c(-c3ccc(C#N)cc3)c(-c3ccc(C)cc3)c(C(C)(C)C)c2-c2ccc(CC)cc2)cc1. The van der Waals surface area contributed by atoms with Gasteiger partial charge in [-0.3, -0.25) is 0 Å². The lowest BCUT2D eigenvalue weighted by molar-refractivity contribution is 0.594. The molecule has 1 heteroatoms. The fourth-order valence-corrected chi connectivity index (χ4v) is 7.44. The summed E-state index contributed by atoms with van der Waals surface area (Å²) in [5.74, 6) is 0.432. The van der Waals surface area contributed by atoms with Crippen LogP contribution in [-0.2, 0) is 18.3 Å². The van der Waals surface area contributed by atoms with Gasteiger partial charge in [-0.25, -0.2) is 0 Å². The first-order valence-corrected chi connectivity index (χ1v) is 18.6. The lowest BCUT2D eigenvalue weighted by Gasteiger charge is -2.34. The minimum atomic E-state index is -0.225. The van der Waals surface area contributed by atoms with E-state index in [1.54, 1.807) is 0 Å². The van der Waals surface area contributed by atoms with Crippen LogP contribution in [0.1, 0.15) is 94.2 Å². The molecule has 6 rings (SSSR count). The van der Waals surface area contributed by atoms with E-state index in [0.29, 0.717) is 11.5 Å². The highest BCUT2D eigenvalue weighted by Crippen LogP contribution is 2.55. The molecule has 0 aliphatic heterocycles. The summed E-state index contributed by atoms with van der Waals surface area (Å²) in [4.78, 5) is 0. The number of nitrogens with zero attached hydrogens (tertiary/aromatic N) is 1. The van der Waals surface area contributed by atoms with Crippen molar-refractivity contribution in [3.05, 3.63) is 155 Å². The van der Waals surface area contributed by atoms with E-state index in [-0.39, 0.29) is 5.41 Å². The first-order valence-electron chi connectivity index (χ1n) is 18.6. The van der Waals surface area contributed by atoms with Gasteiger partial charge < -0.3 is 0 Å². The van der Waals surface area contributed by atoms with Crippen LogP contribution in [-0.4, -0.2) is 0 Å². The van der Waals surface area contributed by atoms with E-state index in [1.807, 2.05) is 12.1 Å². The van der Waals surface area contributed by atoms with E-state index in [9.17, 15) is 5.26 Å². The van der Waals surface area contributed by atoms with Gasteiger partial charge in [-0.05, 0) is 121 Å². The zero-order valence-corrected chi connectivity index (χ0v) is 31.7. The number of aryl methyl sites for hydroxylation is 3. The first-order chi connectivity index (χ1) is 24.5. The van der Waals surface area contributed by atoms with Gasteiger partial charge in [-0.15, -0.1) is 0 Å². The Kier molecular flexibility index (Phi) is 10.5. The lowest BCUT2D eigenvalue weighted by Crippen LogP contribution is -2.17. The maximum Gasteiger partial charge on any atom is 0.0991 e. The molecule has 0 bridgehead atoms. The topological polar surface area (TPSA) is 23.8 Å². The van der Waals surface area contributed by atoms with Gasteiger partial charge in [0.05, 0.1) is 11.6 Å². The predicted octanol–water partition coefficient (Wildman–Crippen LogP) is 14.1. The molecule has 1 nitrogen and oxygen atoms in total. The molecule has 256 valence electrons. The summed E-state index contributed by atoms with van der Waals surface area (Å²) in [6.45, 7) is 18.2. The zero-order valence-electron chi connectivity index (χ0n) is 31.7. The van der Waals surface area contributed by atoms with Gasteiger partial charge in [0.15, 0.2) is 0 Å². The van der Waals surface area contributed by atoms with Crippen LogP contribution < -0.4 is 0 Å². The smallest absolute Gasteiger partial charge is 0.0991 e. The van der Waals surface area contributed by atoms with Crippen molar-refractivity contribution < 1.29 is 0 Å². The molecule has 0 fully saturated rings. The van der Waals surface area contributed by atoms with E-state index >= 15 is 0 Å². The molecule has 0 unspecified atom stereocenters. The monoisotopic (exact) mass is 665 g/mol. The Morgan fingerprint density at radius 1 is 0.529 bits per heavy atom. The molecule has 51 heavy (non-hydrogen) atoms. The van der Waals surface area contributed by atoms with Crippen LogP contribution in [0.5, 0.6) is 0 Å². The van der Waals surface area contributed by atoms with Gasteiger partial charge in [0, 0.05) is 0 Å². The highest BCUT2D eigenvalue weighted by atomic mass is 14.4. The Morgan fingerprint density at radius 3 is 1.33 bits per heavy atom. The fraction of sp³-hybridized carbons (Fsp3) is 0.260. The fourth-order valence-electron chi connectivity index (χ4n) is 7.44. The van der Waals surface area contributed by atoms with Crippen molar-refractivity contribution in [3.63, 3.8) is 0 Å². The molecule has 0 amide bonds. The lowest BCUT2D eigenvalue weighted by atomic mass is 9.69. The standard InChI is InChI=1S/C50H51N/c1-9-11-36-16-24-39(25-17-36)45-44(41-30-28-38(29-31-41)33(3)4)46(40-26-18-37(32-51)19-27-40)47(42-20-12-34(5)13-21-42)49(50(6,7)8)48(45)43-22-14-35(10-2)15-23-43/h12-31,33H,9-11H2,1-8H3. The summed E-state index contributed by atoms with van der Waals surface area (Å²) in [5, 5.41) is 9.81. The zero-order chi connectivity index (χ0) is 36.3. The van der Waals surface area contributed by atoms with Gasteiger partial charge >= 0.3 is 0 Å². The molecule has 0 spiro atoms. The minimum absolute atomic E-state index is 0.225. The number of hydrogen-bond acceptors (Lipinski definition) is 1. The molecule has 0 heterocycles. The third kappa shape index (κ3) is 7.34. The van der Waals surface area contributed by atoms with Crippen LogP contribution >= 0.6 is 0 Å². The quantitative estimate of drug-likeness (QED) is 0.151. The Morgan fingerprint density at radius 2 is 0.922 bits per heavy atom. The van der Waals surface area contributed by atoms with Crippen LogP contribution in [0.2, 0.25) is 0 Å². The predicted molar refractivity (Wildman–Crippen MR) is 219 cm³/mol. The van der Waals surface area contributed by atoms with Crippen molar-refractivity contribution in [2.45, 2.75) is 86.0 Å². The second kappa shape index (κ2) is 15.0. The van der Waals surface area contributed by atoms with Crippen LogP contribution in [0.15, 0.2) is 121 Å². The number of hydrogen-bond donors (Lipinski definition) is 0. The maximum absolute atomic E-state index is 9.81. The van der Waals surface area contributed by atoms with E-state index < -0.39 is 0 Å². The normalized spacial score (nSPS) is 11.5. The van der Waals surface area contributed by atoms with Crippen molar-refractivity contribution in [3.8, 4) is 61.7 Å². The van der Waals surface area contributed by atoms with Gasteiger partial charge in [0.2, 0.25) is 0 Å². The van der Waals surface area contributed by atoms with Crippen molar-refractivity contribution in [2.75, 3.05) is 0 Å². The van der Waals surface area contributed by atoms with E-state index in [0.717, 1.165) is 24.8 Å². The molecule has 0 aromatic heterocycles. The van der Waals surface area contributed by atoms with Crippen molar-refractivity contribution in [1.29, 1.82) is 5.26 Å². The van der Waals surface area contributed by atoms with Gasteiger partial charge in [-0.1, -0.05) is 170 Å². The number of rotatable bonds is 9. The molecule has 0 aliphatic carbocycles. The second-order valence-corrected chi connectivity index (χ2v) is 15.3. The Balaban J connectivity index is 1.91. The average molecular weight is 666 g/mol. The summed E-state index contributed by atoms with van der Waals surface area (Å²) in [7, 11) is 0. The van der Waals surface area contributed by atoms with Gasteiger partial charge in [-0.2, -0.15) is 5.26 Å². The van der Waals surface area contributed by atoms with Crippen LogP contribution in [0, 0.1) is 18.3 Å². The molecule has 0 radical (unpaired) electrons. The first kappa shape index (κ1) is 35.6. The molecule has 0 aliphatic rings. The summed E-state index contributed by atoms with van der Waals surface area (Å²) in [6.07, 6.45) is 3.17. The summed E-state index contributed by atoms with van der Waals surface area (Å²) in [6, 6.07) is 47.5. The average Bonchev–Trinajstić information content (AvgIpc) is 3.14. The molecular weight excluding hydrogens is 615 g/mol. The Labute approximate surface area is 306 Å². The highest BCUT2D eigenvalue weighted by molar-refractivity contribution is 6.09. The van der Waals surface area contributed by atoms with E-state index in [2.05, 4.69) is 171 Å². The van der Waals surface area contributed by atoms with Crippen molar-refractivity contribution >= 4 is 0 Å². The second-order valence-electron chi connectivity index (χ2n) is 15.3. The Bertz CT molecular complexity index is 2150. The highest BCUT2D eigenvalue weighted by Gasteiger charge is 2.33. The van der Waals surface area contributed by atoms with E-state index in [4.69, 9.17) is 0 Å². The summed E-state index contributed by atoms with van der Waals surface area (Å²) < 4.78 is 0. The van der Waals surface area contributed by atoms with Crippen LogP contribution in [0.25, 0.3) is 55.6 Å². The largest absolute Gasteiger partial charge is 0.192 e. The number of nitriles is 1. The maximum atomic E-state index is 9.81. The third-order valence-corrected chi connectivity index (χ3v) is 10.2. The summed E-state index contributed by atoms with van der Waals surface area (Å²) >= 11 is 0. The molecule has 0 saturated carbocycles. The van der Waals surface area contributed by atoms with Gasteiger partial charge in [0.1, 0.15) is 0 Å². The van der Waals surface area contributed by atoms with E-state index in [1.165, 1.54) is 77.9 Å². The molecular formula is C50H51N. The van der Waals surface area contributed by atoms with Crippen LogP contribution in [0.4, 0.5) is 0 Å². The molecule has 6 aromatic rings. The van der Waals surface area contributed by atoms with Crippen molar-refractivity contribution in [1.82, 2.24) is 0 Å². The molecule has 0 atom stereocenters.